The topological polar surface area (TPSA) is 63.0 Å². The normalized spacial score (nSPS) is 13.3. The largest absolute Gasteiger partial charge is 0.392 e. The van der Waals surface area contributed by atoms with Crippen molar-refractivity contribution in [3.05, 3.63) is 12.2 Å². The first kappa shape index (κ1) is 13.1. The molecule has 5 heteroatoms. The highest BCUT2D eigenvalue weighted by Gasteiger charge is 2.08. The minimum atomic E-state index is -0.263. The summed E-state index contributed by atoms with van der Waals surface area (Å²) >= 11 is 0. The minimum absolute atomic E-state index is 0.263. The summed E-state index contributed by atoms with van der Waals surface area (Å²) in [4.78, 5) is 4.19. The molecule has 0 aromatic carbocycles. The molecular weight excluding hydrogens is 204 g/mol. The number of rotatable bonds is 7. The van der Waals surface area contributed by atoms with Crippen LogP contribution in [0.2, 0.25) is 0 Å². The van der Waals surface area contributed by atoms with Gasteiger partial charge in [0.15, 0.2) is 0 Å². The van der Waals surface area contributed by atoms with Crippen molar-refractivity contribution in [2.24, 2.45) is 0 Å². The Morgan fingerprint density at radius 3 is 2.88 bits per heavy atom. The van der Waals surface area contributed by atoms with Crippen LogP contribution in [0, 0.1) is 0 Å². The molecule has 1 rings (SSSR count). The van der Waals surface area contributed by atoms with Gasteiger partial charge in [-0.05, 0) is 20.3 Å². The van der Waals surface area contributed by atoms with Gasteiger partial charge >= 0.3 is 0 Å². The standard InChI is InChI=1S/C11H22N4O/c1-4-5-10(16)6-12-7-11-13-8-14-15(11)9(2)3/h8-10,12,16H,4-7H2,1-3H3. The van der Waals surface area contributed by atoms with E-state index in [9.17, 15) is 5.11 Å². The van der Waals surface area contributed by atoms with Crippen molar-refractivity contribution in [2.45, 2.75) is 52.3 Å². The summed E-state index contributed by atoms with van der Waals surface area (Å²) < 4.78 is 1.89. The predicted molar refractivity (Wildman–Crippen MR) is 63.0 cm³/mol. The first-order chi connectivity index (χ1) is 7.65. The molecule has 0 aliphatic carbocycles. The van der Waals surface area contributed by atoms with Crippen LogP contribution in [0.15, 0.2) is 6.33 Å². The Balaban J connectivity index is 2.34. The van der Waals surface area contributed by atoms with Crippen LogP contribution in [0.3, 0.4) is 0 Å². The van der Waals surface area contributed by atoms with Crippen molar-refractivity contribution < 1.29 is 5.11 Å². The number of aromatic nitrogens is 3. The van der Waals surface area contributed by atoms with Gasteiger partial charge in [0.05, 0.1) is 12.6 Å². The predicted octanol–water partition coefficient (Wildman–Crippen LogP) is 1.11. The van der Waals surface area contributed by atoms with E-state index in [1.54, 1.807) is 6.33 Å². The molecule has 1 heterocycles. The molecule has 0 saturated heterocycles. The molecule has 0 amide bonds. The molecule has 1 unspecified atom stereocenters. The molecule has 1 atom stereocenters. The van der Waals surface area contributed by atoms with Gasteiger partial charge in [0.1, 0.15) is 12.2 Å². The lowest BCUT2D eigenvalue weighted by molar-refractivity contribution is 0.160. The number of nitrogens with zero attached hydrogens (tertiary/aromatic N) is 3. The zero-order valence-electron chi connectivity index (χ0n) is 10.3. The lowest BCUT2D eigenvalue weighted by Gasteiger charge is -2.12. The fraction of sp³-hybridized carbons (Fsp3) is 0.818. The highest BCUT2D eigenvalue weighted by atomic mass is 16.3. The lowest BCUT2D eigenvalue weighted by atomic mass is 10.2. The van der Waals surface area contributed by atoms with Gasteiger partial charge in [-0.2, -0.15) is 5.10 Å². The Hall–Kier alpha value is -0.940. The smallest absolute Gasteiger partial charge is 0.141 e. The van der Waals surface area contributed by atoms with E-state index in [0.29, 0.717) is 19.1 Å². The minimum Gasteiger partial charge on any atom is -0.392 e. The van der Waals surface area contributed by atoms with Gasteiger partial charge in [-0.15, -0.1) is 0 Å². The van der Waals surface area contributed by atoms with Gasteiger partial charge in [0.25, 0.3) is 0 Å². The maximum atomic E-state index is 9.55. The summed E-state index contributed by atoms with van der Waals surface area (Å²) in [6, 6.07) is 0.319. The molecule has 0 fully saturated rings. The Labute approximate surface area is 96.9 Å². The molecule has 0 spiro atoms. The Bertz CT molecular complexity index is 298. The van der Waals surface area contributed by atoms with E-state index in [-0.39, 0.29) is 6.10 Å². The summed E-state index contributed by atoms with van der Waals surface area (Å²) in [5.74, 6) is 0.915. The van der Waals surface area contributed by atoms with Crippen molar-refractivity contribution in [3.63, 3.8) is 0 Å². The van der Waals surface area contributed by atoms with Crippen LogP contribution in [-0.4, -0.2) is 32.5 Å². The molecule has 0 bridgehead atoms. The zero-order valence-corrected chi connectivity index (χ0v) is 10.3. The molecule has 2 N–H and O–H groups in total. The average molecular weight is 226 g/mol. The van der Waals surface area contributed by atoms with E-state index in [0.717, 1.165) is 18.7 Å². The Morgan fingerprint density at radius 2 is 2.25 bits per heavy atom. The summed E-state index contributed by atoms with van der Waals surface area (Å²) in [6.45, 7) is 7.48. The van der Waals surface area contributed by atoms with Gasteiger partial charge in [-0.25, -0.2) is 9.67 Å². The second-order valence-corrected chi connectivity index (χ2v) is 4.29. The third-order valence-electron chi connectivity index (χ3n) is 2.42. The van der Waals surface area contributed by atoms with Crippen LogP contribution in [0.5, 0.6) is 0 Å². The zero-order chi connectivity index (χ0) is 12.0. The quantitative estimate of drug-likeness (QED) is 0.731. The number of hydrogen-bond acceptors (Lipinski definition) is 4. The molecule has 92 valence electrons. The van der Waals surface area contributed by atoms with Crippen LogP contribution in [0.4, 0.5) is 0 Å². The van der Waals surface area contributed by atoms with Crippen molar-refractivity contribution in [2.75, 3.05) is 6.54 Å². The fourth-order valence-electron chi connectivity index (χ4n) is 1.62. The lowest BCUT2D eigenvalue weighted by Crippen LogP contribution is -2.27. The highest BCUT2D eigenvalue weighted by Crippen LogP contribution is 2.04. The van der Waals surface area contributed by atoms with Crippen LogP contribution in [0.1, 0.15) is 45.5 Å². The maximum Gasteiger partial charge on any atom is 0.141 e. The van der Waals surface area contributed by atoms with Gasteiger partial charge in [0, 0.05) is 12.6 Å². The average Bonchev–Trinajstić information content (AvgIpc) is 2.66. The third-order valence-corrected chi connectivity index (χ3v) is 2.42. The number of aliphatic hydroxyl groups is 1. The summed E-state index contributed by atoms with van der Waals surface area (Å²) in [5.41, 5.74) is 0. The highest BCUT2D eigenvalue weighted by molar-refractivity contribution is 4.85. The van der Waals surface area contributed by atoms with E-state index in [4.69, 9.17) is 0 Å². The summed E-state index contributed by atoms with van der Waals surface area (Å²) in [6.07, 6.45) is 3.15. The Morgan fingerprint density at radius 1 is 1.50 bits per heavy atom. The van der Waals surface area contributed by atoms with Crippen LogP contribution >= 0.6 is 0 Å². The van der Waals surface area contributed by atoms with E-state index in [2.05, 4.69) is 36.2 Å². The second kappa shape index (κ2) is 6.60. The van der Waals surface area contributed by atoms with Crippen LogP contribution in [0.25, 0.3) is 0 Å². The van der Waals surface area contributed by atoms with Crippen LogP contribution < -0.4 is 5.32 Å². The van der Waals surface area contributed by atoms with Crippen LogP contribution in [-0.2, 0) is 6.54 Å². The van der Waals surface area contributed by atoms with Gasteiger partial charge < -0.3 is 10.4 Å². The third kappa shape index (κ3) is 3.90. The first-order valence-corrected chi connectivity index (χ1v) is 5.92. The van der Waals surface area contributed by atoms with Crippen molar-refractivity contribution in [1.29, 1.82) is 0 Å². The number of hydrogen-bond donors (Lipinski definition) is 2. The van der Waals surface area contributed by atoms with Gasteiger partial charge in [-0.3, -0.25) is 0 Å². The van der Waals surface area contributed by atoms with Gasteiger partial charge in [0.2, 0.25) is 0 Å². The first-order valence-electron chi connectivity index (χ1n) is 5.92. The molecule has 0 saturated carbocycles. The van der Waals surface area contributed by atoms with E-state index < -0.39 is 0 Å². The molecule has 0 aliphatic heterocycles. The summed E-state index contributed by atoms with van der Waals surface area (Å²) in [7, 11) is 0. The van der Waals surface area contributed by atoms with E-state index in [1.807, 2.05) is 4.68 Å². The summed E-state index contributed by atoms with van der Waals surface area (Å²) in [5, 5.41) is 16.9. The second-order valence-electron chi connectivity index (χ2n) is 4.29. The SMILES string of the molecule is CCCC(O)CNCc1ncnn1C(C)C. The van der Waals surface area contributed by atoms with Crippen molar-refractivity contribution in [1.82, 2.24) is 20.1 Å². The fourth-order valence-corrected chi connectivity index (χ4v) is 1.62. The molecule has 5 nitrogen and oxygen atoms in total. The molecule has 1 aromatic heterocycles. The Kier molecular flexibility index (Phi) is 5.42. The molecule has 0 aliphatic rings. The van der Waals surface area contributed by atoms with Crippen molar-refractivity contribution >= 4 is 0 Å². The molecule has 0 radical (unpaired) electrons. The molecule has 1 aromatic rings. The van der Waals surface area contributed by atoms with E-state index >= 15 is 0 Å². The monoisotopic (exact) mass is 226 g/mol. The molecule has 16 heavy (non-hydrogen) atoms. The van der Waals surface area contributed by atoms with E-state index in [1.165, 1.54) is 0 Å². The maximum absolute atomic E-state index is 9.55. The number of nitrogens with one attached hydrogen (secondary N) is 1. The van der Waals surface area contributed by atoms with Crippen molar-refractivity contribution in [3.8, 4) is 0 Å². The molecular formula is C11H22N4O. The number of aliphatic hydroxyl groups excluding tert-OH is 1. The van der Waals surface area contributed by atoms with Gasteiger partial charge in [-0.1, -0.05) is 13.3 Å².